The van der Waals surface area contributed by atoms with E-state index in [1.807, 2.05) is 47.3 Å². The van der Waals surface area contributed by atoms with E-state index in [1.54, 1.807) is 0 Å². The summed E-state index contributed by atoms with van der Waals surface area (Å²) in [6.45, 7) is 3.87. The summed E-state index contributed by atoms with van der Waals surface area (Å²) in [5.41, 5.74) is 2.25. The lowest BCUT2D eigenvalue weighted by Crippen LogP contribution is -2.25. The molecule has 0 amide bonds. The second-order valence-corrected chi connectivity index (χ2v) is 4.57. The maximum absolute atomic E-state index is 9.50. The van der Waals surface area contributed by atoms with Gasteiger partial charge < -0.3 is 10.4 Å². The fraction of sp³-hybridized carbons (Fsp3) is 0.400. The van der Waals surface area contributed by atoms with Crippen LogP contribution in [0.25, 0.3) is 0 Å². The van der Waals surface area contributed by atoms with Gasteiger partial charge in [-0.25, -0.2) is 0 Å². The number of rotatable bonds is 7. The van der Waals surface area contributed by atoms with Gasteiger partial charge in [0, 0.05) is 19.3 Å². The van der Waals surface area contributed by atoms with Crippen molar-refractivity contribution in [2.45, 2.75) is 32.5 Å². The second kappa shape index (κ2) is 7.07. The highest BCUT2D eigenvalue weighted by atomic mass is 16.3. The second-order valence-electron chi connectivity index (χ2n) is 4.57. The Balaban J connectivity index is 1.98. The first-order valence-electron chi connectivity index (χ1n) is 6.75. The number of aliphatic hydroxyl groups excluding tert-OH is 1. The summed E-state index contributed by atoms with van der Waals surface area (Å²) in [5.74, 6) is 0. The number of nitrogens with zero attached hydrogens (tertiary/aromatic N) is 2. The van der Waals surface area contributed by atoms with Crippen molar-refractivity contribution in [3.8, 4) is 0 Å². The maximum Gasteiger partial charge on any atom is 0.0626 e. The smallest absolute Gasteiger partial charge is 0.0626 e. The minimum atomic E-state index is -0.0359. The van der Waals surface area contributed by atoms with Crippen LogP contribution in [0.2, 0.25) is 0 Å². The summed E-state index contributed by atoms with van der Waals surface area (Å²) in [5, 5.41) is 17.2. The molecular formula is C15H21N3O. The van der Waals surface area contributed by atoms with Crippen LogP contribution in [0.4, 0.5) is 0 Å². The third-order valence-electron chi connectivity index (χ3n) is 3.15. The monoisotopic (exact) mass is 259 g/mol. The molecule has 0 aliphatic rings. The van der Waals surface area contributed by atoms with E-state index < -0.39 is 0 Å². The van der Waals surface area contributed by atoms with Crippen molar-refractivity contribution >= 4 is 0 Å². The molecule has 2 rings (SSSR count). The van der Waals surface area contributed by atoms with Gasteiger partial charge in [-0.1, -0.05) is 37.3 Å². The largest absolute Gasteiger partial charge is 0.394 e. The van der Waals surface area contributed by atoms with E-state index in [0.717, 1.165) is 24.2 Å². The molecule has 0 radical (unpaired) electrons. The molecule has 4 heteroatoms. The topological polar surface area (TPSA) is 50.1 Å². The van der Waals surface area contributed by atoms with Crippen LogP contribution in [0.1, 0.15) is 30.6 Å². The molecule has 0 spiro atoms. The lowest BCUT2D eigenvalue weighted by atomic mass is 10.1. The Kier molecular flexibility index (Phi) is 5.12. The Morgan fingerprint density at radius 2 is 2.05 bits per heavy atom. The molecule has 2 aromatic rings. The van der Waals surface area contributed by atoms with E-state index in [9.17, 15) is 5.11 Å². The molecule has 0 aliphatic carbocycles. The number of aromatic nitrogens is 2. The van der Waals surface area contributed by atoms with E-state index in [-0.39, 0.29) is 12.6 Å². The zero-order valence-electron chi connectivity index (χ0n) is 11.3. The van der Waals surface area contributed by atoms with Gasteiger partial charge in [0.2, 0.25) is 0 Å². The highest BCUT2D eigenvalue weighted by molar-refractivity contribution is 5.19. The highest BCUT2D eigenvalue weighted by Gasteiger charge is 2.10. The molecule has 102 valence electrons. The van der Waals surface area contributed by atoms with Crippen molar-refractivity contribution in [3.63, 3.8) is 0 Å². The number of benzene rings is 1. The fourth-order valence-corrected chi connectivity index (χ4v) is 2.12. The SMILES string of the molecule is CCCn1nccc1CN[C@H](CO)c1ccccc1. The molecule has 4 nitrogen and oxygen atoms in total. The quantitative estimate of drug-likeness (QED) is 0.800. The molecule has 19 heavy (non-hydrogen) atoms. The zero-order valence-corrected chi connectivity index (χ0v) is 11.3. The zero-order chi connectivity index (χ0) is 13.5. The minimum Gasteiger partial charge on any atom is -0.394 e. The molecule has 1 aromatic carbocycles. The third-order valence-corrected chi connectivity index (χ3v) is 3.15. The molecule has 1 heterocycles. The van der Waals surface area contributed by atoms with Crippen LogP contribution in [0.3, 0.4) is 0 Å². The van der Waals surface area contributed by atoms with Gasteiger partial charge in [0.15, 0.2) is 0 Å². The standard InChI is InChI=1S/C15H21N3O/c1-2-10-18-14(8-9-17-18)11-16-15(12-19)13-6-4-3-5-7-13/h3-9,15-16,19H,2,10-12H2,1H3/t15-/m1/s1. The molecule has 0 unspecified atom stereocenters. The molecular weight excluding hydrogens is 238 g/mol. The van der Waals surface area contributed by atoms with E-state index >= 15 is 0 Å². The van der Waals surface area contributed by atoms with Gasteiger partial charge in [0.05, 0.1) is 18.3 Å². The molecule has 1 aromatic heterocycles. The van der Waals surface area contributed by atoms with E-state index in [4.69, 9.17) is 0 Å². The molecule has 0 bridgehead atoms. The van der Waals surface area contributed by atoms with Crippen molar-refractivity contribution in [2.75, 3.05) is 6.61 Å². The van der Waals surface area contributed by atoms with E-state index in [2.05, 4.69) is 17.3 Å². The van der Waals surface area contributed by atoms with Gasteiger partial charge in [-0.05, 0) is 18.1 Å². The predicted octanol–water partition coefficient (Wildman–Crippen LogP) is 2.12. The first kappa shape index (κ1) is 13.8. The maximum atomic E-state index is 9.50. The number of nitrogens with one attached hydrogen (secondary N) is 1. The Morgan fingerprint density at radius 3 is 2.74 bits per heavy atom. The Hall–Kier alpha value is -1.65. The van der Waals surface area contributed by atoms with Crippen LogP contribution in [0, 0.1) is 0 Å². The van der Waals surface area contributed by atoms with Crippen LogP contribution in [0.5, 0.6) is 0 Å². The average molecular weight is 259 g/mol. The summed E-state index contributed by atoms with van der Waals surface area (Å²) in [7, 11) is 0. The molecule has 1 atom stereocenters. The summed E-state index contributed by atoms with van der Waals surface area (Å²) in [6, 6.07) is 12.0. The molecule has 2 N–H and O–H groups in total. The Bertz CT molecular complexity index is 481. The lowest BCUT2D eigenvalue weighted by molar-refractivity contribution is 0.242. The third kappa shape index (κ3) is 3.66. The number of aryl methyl sites for hydroxylation is 1. The fourth-order valence-electron chi connectivity index (χ4n) is 2.12. The van der Waals surface area contributed by atoms with E-state index in [0.29, 0.717) is 6.54 Å². The molecule has 0 saturated heterocycles. The Morgan fingerprint density at radius 1 is 1.26 bits per heavy atom. The van der Waals surface area contributed by atoms with Gasteiger partial charge in [-0.3, -0.25) is 4.68 Å². The summed E-state index contributed by atoms with van der Waals surface area (Å²) in [6.07, 6.45) is 2.89. The van der Waals surface area contributed by atoms with Gasteiger partial charge >= 0.3 is 0 Å². The van der Waals surface area contributed by atoms with Crippen molar-refractivity contribution in [1.29, 1.82) is 0 Å². The average Bonchev–Trinajstić information content (AvgIpc) is 2.89. The lowest BCUT2D eigenvalue weighted by Gasteiger charge is -2.17. The van der Waals surface area contributed by atoms with Gasteiger partial charge in [0.25, 0.3) is 0 Å². The van der Waals surface area contributed by atoms with Crippen molar-refractivity contribution < 1.29 is 5.11 Å². The first-order chi connectivity index (χ1) is 9.35. The van der Waals surface area contributed by atoms with Crippen LogP contribution >= 0.6 is 0 Å². The van der Waals surface area contributed by atoms with Crippen LogP contribution < -0.4 is 5.32 Å². The van der Waals surface area contributed by atoms with Crippen LogP contribution in [0.15, 0.2) is 42.6 Å². The Labute approximate surface area is 114 Å². The van der Waals surface area contributed by atoms with Gasteiger partial charge in [0.1, 0.15) is 0 Å². The van der Waals surface area contributed by atoms with Crippen LogP contribution in [-0.4, -0.2) is 21.5 Å². The summed E-state index contributed by atoms with van der Waals surface area (Å²) < 4.78 is 2.01. The summed E-state index contributed by atoms with van der Waals surface area (Å²) in [4.78, 5) is 0. The number of hydrogen-bond donors (Lipinski definition) is 2. The highest BCUT2D eigenvalue weighted by Crippen LogP contribution is 2.12. The summed E-state index contributed by atoms with van der Waals surface area (Å²) >= 11 is 0. The molecule has 0 saturated carbocycles. The minimum absolute atomic E-state index is 0.0359. The molecule has 0 fully saturated rings. The normalized spacial score (nSPS) is 12.5. The predicted molar refractivity (Wildman–Crippen MR) is 75.6 cm³/mol. The number of hydrogen-bond acceptors (Lipinski definition) is 3. The van der Waals surface area contributed by atoms with Crippen molar-refractivity contribution in [2.24, 2.45) is 0 Å². The van der Waals surface area contributed by atoms with Gasteiger partial charge in [-0.15, -0.1) is 0 Å². The van der Waals surface area contributed by atoms with Crippen molar-refractivity contribution in [3.05, 3.63) is 53.9 Å². The molecule has 0 aliphatic heterocycles. The van der Waals surface area contributed by atoms with Gasteiger partial charge in [-0.2, -0.15) is 5.10 Å². The first-order valence-corrected chi connectivity index (χ1v) is 6.75. The van der Waals surface area contributed by atoms with Crippen molar-refractivity contribution in [1.82, 2.24) is 15.1 Å². The van der Waals surface area contributed by atoms with Crippen LogP contribution in [-0.2, 0) is 13.1 Å². The number of aliphatic hydroxyl groups is 1. The van der Waals surface area contributed by atoms with E-state index in [1.165, 1.54) is 0 Å².